The predicted molar refractivity (Wildman–Crippen MR) is 117 cm³/mol. The van der Waals surface area contributed by atoms with Gasteiger partial charge in [0, 0.05) is 24.3 Å². The maximum Gasteiger partial charge on any atom is 0.337 e. The number of hydrogen-bond acceptors (Lipinski definition) is 7. The zero-order valence-electron chi connectivity index (χ0n) is 16.7. The number of carbonyl (C=O) groups is 2. The van der Waals surface area contributed by atoms with Crippen LogP contribution in [-0.4, -0.2) is 63.1 Å². The van der Waals surface area contributed by atoms with E-state index in [0.29, 0.717) is 43.1 Å². The maximum absolute atomic E-state index is 12.6. The third-order valence-electron chi connectivity index (χ3n) is 4.52. The number of carbonyl (C=O) groups excluding carboxylic acids is 2. The first-order valence-corrected chi connectivity index (χ1v) is 11.1. The molecule has 0 aromatic heterocycles. The van der Waals surface area contributed by atoms with Crippen molar-refractivity contribution in [3.05, 3.63) is 59.7 Å². The summed E-state index contributed by atoms with van der Waals surface area (Å²) in [4.78, 5) is 23.9. The van der Waals surface area contributed by atoms with Crippen LogP contribution in [0.15, 0.2) is 53.4 Å². The van der Waals surface area contributed by atoms with Crippen molar-refractivity contribution in [2.24, 2.45) is 0 Å². The molecule has 0 saturated carbocycles. The standard InChI is InChI=1S/C20H21N3O6S2/c1-28-19(25)15-4-2-14(3-5-15)18(24)22-20(30)21-16-6-8-17(9-7-16)31(26,27)23-10-12-29-13-11-23/h2-9H,10-13H2,1H3,(H2,21,22,24,30). The lowest BCUT2D eigenvalue weighted by Crippen LogP contribution is -2.40. The number of methoxy groups -OCH3 is 1. The number of sulfonamides is 1. The number of nitrogens with one attached hydrogen (secondary N) is 2. The van der Waals surface area contributed by atoms with E-state index in [1.54, 1.807) is 12.1 Å². The molecule has 2 aromatic rings. The molecule has 0 bridgehead atoms. The molecular formula is C20H21N3O6S2. The van der Waals surface area contributed by atoms with Gasteiger partial charge in [0.25, 0.3) is 5.91 Å². The summed E-state index contributed by atoms with van der Waals surface area (Å²) in [5, 5.41) is 5.41. The van der Waals surface area contributed by atoms with E-state index in [1.807, 2.05) is 0 Å². The van der Waals surface area contributed by atoms with Gasteiger partial charge in [0.05, 0.1) is 30.8 Å². The fraction of sp³-hybridized carbons (Fsp3) is 0.250. The van der Waals surface area contributed by atoms with Crippen molar-refractivity contribution in [3.63, 3.8) is 0 Å². The van der Waals surface area contributed by atoms with Crippen LogP contribution in [0.25, 0.3) is 0 Å². The summed E-state index contributed by atoms with van der Waals surface area (Å²) in [6.45, 7) is 1.38. The Hall–Kier alpha value is -2.86. The van der Waals surface area contributed by atoms with E-state index < -0.39 is 21.9 Å². The van der Waals surface area contributed by atoms with Crippen molar-refractivity contribution in [1.29, 1.82) is 0 Å². The van der Waals surface area contributed by atoms with Crippen molar-refractivity contribution in [2.75, 3.05) is 38.7 Å². The molecule has 11 heteroatoms. The lowest BCUT2D eigenvalue weighted by molar-refractivity contribution is 0.0600. The van der Waals surface area contributed by atoms with Gasteiger partial charge in [-0.1, -0.05) is 0 Å². The molecule has 0 radical (unpaired) electrons. The third kappa shape index (κ3) is 5.64. The van der Waals surface area contributed by atoms with Crippen LogP contribution in [0, 0.1) is 0 Å². The summed E-state index contributed by atoms with van der Waals surface area (Å²) in [5.74, 6) is -0.955. The highest BCUT2D eigenvalue weighted by molar-refractivity contribution is 7.89. The van der Waals surface area contributed by atoms with E-state index in [-0.39, 0.29) is 10.0 Å². The van der Waals surface area contributed by atoms with E-state index >= 15 is 0 Å². The number of ether oxygens (including phenoxy) is 2. The molecule has 31 heavy (non-hydrogen) atoms. The Morgan fingerprint density at radius 2 is 1.58 bits per heavy atom. The zero-order chi connectivity index (χ0) is 22.4. The number of anilines is 1. The number of amides is 1. The first kappa shape index (κ1) is 22.8. The summed E-state index contributed by atoms with van der Waals surface area (Å²) in [6, 6.07) is 12.0. The van der Waals surface area contributed by atoms with Crippen LogP contribution < -0.4 is 10.6 Å². The van der Waals surface area contributed by atoms with E-state index in [1.165, 1.54) is 47.8 Å². The van der Waals surface area contributed by atoms with Gasteiger partial charge in [0.15, 0.2) is 5.11 Å². The van der Waals surface area contributed by atoms with E-state index in [9.17, 15) is 18.0 Å². The minimum absolute atomic E-state index is 0.0471. The Morgan fingerprint density at radius 1 is 1.00 bits per heavy atom. The van der Waals surface area contributed by atoms with Gasteiger partial charge in [-0.25, -0.2) is 13.2 Å². The first-order valence-electron chi connectivity index (χ1n) is 9.30. The molecule has 2 N–H and O–H groups in total. The van der Waals surface area contributed by atoms with Crippen LogP contribution in [0.3, 0.4) is 0 Å². The number of rotatable bonds is 5. The minimum Gasteiger partial charge on any atom is -0.465 e. The normalized spacial score (nSPS) is 14.5. The highest BCUT2D eigenvalue weighted by Gasteiger charge is 2.26. The Kier molecular flexibility index (Phi) is 7.33. The number of nitrogens with zero attached hydrogens (tertiary/aromatic N) is 1. The van der Waals surface area contributed by atoms with Crippen molar-refractivity contribution in [1.82, 2.24) is 9.62 Å². The van der Waals surface area contributed by atoms with E-state index in [2.05, 4.69) is 15.4 Å². The monoisotopic (exact) mass is 463 g/mol. The summed E-state index contributed by atoms with van der Waals surface area (Å²) in [5.41, 5.74) is 1.16. The third-order valence-corrected chi connectivity index (χ3v) is 6.63. The fourth-order valence-electron chi connectivity index (χ4n) is 2.86. The topological polar surface area (TPSA) is 114 Å². The van der Waals surface area contributed by atoms with Gasteiger partial charge in [-0.05, 0) is 60.7 Å². The first-order chi connectivity index (χ1) is 14.8. The van der Waals surface area contributed by atoms with Gasteiger partial charge >= 0.3 is 5.97 Å². The molecule has 2 aromatic carbocycles. The smallest absolute Gasteiger partial charge is 0.337 e. The van der Waals surface area contributed by atoms with Crippen LogP contribution in [0.5, 0.6) is 0 Å². The van der Waals surface area contributed by atoms with Crippen LogP contribution >= 0.6 is 12.2 Å². The summed E-state index contributed by atoms with van der Waals surface area (Å²) in [6.07, 6.45) is 0. The molecule has 0 aliphatic carbocycles. The second kappa shape index (κ2) is 9.96. The number of thiocarbonyl (C=S) groups is 1. The van der Waals surface area contributed by atoms with E-state index in [4.69, 9.17) is 17.0 Å². The predicted octanol–water partition coefficient (Wildman–Crippen LogP) is 1.62. The number of morpholine rings is 1. The van der Waals surface area contributed by atoms with Crippen molar-refractivity contribution >= 4 is 44.9 Å². The Labute approximate surface area is 185 Å². The van der Waals surface area contributed by atoms with Crippen LogP contribution in [0.1, 0.15) is 20.7 Å². The summed E-state index contributed by atoms with van der Waals surface area (Å²) in [7, 11) is -2.31. The largest absolute Gasteiger partial charge is 0.465 e. The molecule has 1 fully saturated rings. The summed E-state index contributed by atoms with van der Waals surface area (Å²) < 4.78 is 36.5. The number of benzene rings is 2. The van der Waals surface area contributed by atoms with Crippen LogP contribution in [-0.2, 0) is 19.5 Å². The van der Waals surface area contributed by atoms with Gasteiger partial charge < -0.3 is 14.8 Å². The molecule has 1 aliphatic heterocycles. The minimum atomic E-state index is -3.58. The Morgan fingerprint density at radius 3 is 2.16 bits per heavy atom. The van der Waals surface area contributed by atoms with Gasteiger partial charge in [0.2, 0.25) is 10.0 Å². The molecule has 0 atom stereocenters. The zero-order valence-corrected chi connectivity index (χ0v) is 18.3. The highest BCUT2D eigenvalue weighted by atomic mass is 32.2. The molecule has 0 unspecified atom stereocenters. The molecule has 1 aliphatic rings. The van der Waals surface area contributed by atoms with Crippen LogP contribution in [0.4, 0.5) is 5.69 Å². The molecule has 9 nitrogen and oxygen atoms in total. The SMILES string of the molecule is COC(=O)c1ccc(C(=O)NC(=S)Nc2ccc(S(=O)(=O)N3CCOCC3)cc2)cc1. The number of hydrogen-bond donors (Lipinski definition) is 2. The van der Waals surface area contributed by atoms with Crippen molar-refractivity contribution < 1.29 is 27.5 Å². The van der Waals surface area contributed by atoms with Gasteiger partial charge in [-0.2, -0.15) is 4.31 Å². The molecule has 1 saturated heterocycles. The molecular weight excluding hydrogens is 442 g/mol. The highest BCUT2D eigenvalue weighted by Crippen LogP contribution is 2.19. The van der Waals surface area contributed by atoms with Crippen LogP contribution in [0.2, 0.25) is 0 Å². The molecule has 1 amide bonds. The second-order valence-electron chi connectivity index (χ2n) is 6.52. The molecule has 164 valence electrons. The Balaban J connectivity index is 1.59. The van der Waals surface area contributed by atoms with Gasteiger partial charge in [-0.15, -0.1) is 0 Å². The van der Waals surface area contributed by atoms with Gasteiger partial charge in [-0.3, -0.25) is 10.1 Å². The second-order valence-corrected chi connectivity index (χ2v) is 8.86. The fourth-order valence-corrected chi connectivity index (χ4v) is 4.48. The average Bonchev–Trinajstić information content (AvgIpc) is 2.79. The molecule has 3 rings (SSSR count). The lowest BCUT2D eigenvalue weighted by atomic mass is 10.1. The number of esters is 1. The molecule has 1 heterocycles. The van der Waals surface area contributed by atoms with Crippen molar-refractivity contribution in [3.8, 4) is 0 Å². The Bertz CT molecular complexity index is 1060. The lowest BCUT2D eigenvalue weighted by Gasteiger charge is -2.26. The maximum atomic E-state index is 12.6. The van der Waals surface area contributed by atoms with Gasteiger partial charge in [0.1, 0.15) is 0 Å². The van der Waals surface area contributed by atoms with E-state index in [0.717, 1.165) is 0 Å². The average molecular weight is 464 g/mol. The molecule has 0 spiro atoms. The summed E-state index contributed by atoms with van der Waals surface area (Å²) >= 11 is 5.15. The quantitative estimate of drug-likeness (QED) is 0.508. The van der Waals surface area contributed by atoms with Crippen molar-refractivity contribution in [2.45, 2.75) is 4.90 Å².